The first-order valence-electron chi connectivity index (χ1n) is 5.26. The van der Waals surface area contributed by atoms with Crippen LogP contribution in [0.2, 0.25) is 10.0 Å². The summed E-state index contributed by atoms with van der Waals surface area (Å²) in [7, 11) is 0. The second-order valence-corrected chi connectivity index (χ2v) is 4.57. The highest BCUT2D eigenvalue weighted by Crippen LogP contribution is 2.34. The van der Waals surface area contributed by atoms with Crippen LogP contribution in [0.1, 0.15) is 11.7 Å². The second kappa shape index (κ2) is 5.46. The number of aryl methyl sites for hydroxylation is 1. The number of hydrogen-bond acceptors (Lipinski definition) is 5. The van der Waals surface area contributed by atoms with Gasteiger partial charge >= 0.3 is 0 Å². The van der Waals surface area contributed by atoms with Crippen LogP contribution in [0.25, 0.3) is 0 Å². The van der Waals surface area contributed by atoms with Crippen LogP contribution < -0.4 is 5.32 Å². The molecule has 100 valence electrons. The van der Waals surface area contributed by atoms with Gasteiger partial charge in [0.15, 0.2) is 0 Å². The lowest BCUT2D eigenvalue weighted by molar-refractivity contribution is -0.383. The molecule has 0 aliphatic rings. The maximum atomic E-state index is 10.9. The molecule has 0 atom stereocenters. The van der Waals surface area contributed by atoms with Gasteiger partial charge in [0.2, 0.25) is 5.89 Å². The minimum Gasteiger partial charge on any atom is -0.444 e. The van der Waals surface area contributed by atoms with E-state index < -0.39 is 4.92 Å². The molecule has 6 nitrogen and oxygen atoms in total. The summed E-state index contributed by atoms with van der Waals surface area (Å²) in [5, 5.41) is 14.1. The molecule has 0 unspecified atom stereocenters. The SMILES string of the molecule is Cc1cnc(CNc2cc(Cl)c(Cl)cc2[N+](=O)[O-])o1. The molecule has 19 heavy (non-hydrogen) atoms. The van der Waals surface area contributed by atoms with Gasteiger partial charge < -0.3 is 9.73 Å². The fraction of sp³-hybridized carbons (Fsp3) is 0.182. The number of hydrogen-bond donors (Lipinski definition) is 1. The van der Waals surface area contributed by atoms with Gasteiger partial charge in [0, 0.05) is 6.07 Å². The molecule has 0 spiro atoms. The molecule has 2 aromatic rings. The van der Waals surface area contributed by atoms with Crippen molar-refractivity contribution in [2.45, 2.75) is 13.5 Å². The van der Waals surface area contributed by atoms with Crippen molar-refractivity contribution in [1.82, 2.24) is 4.98 Å². The number of rotatable bonds is 4. The van der Waals surface area contributed by atoms with Crippen molar-refractivity contribution in [3.63, 3.8) is 0 Å². The van der Waals surface area contributed by atoms with Crippen LogP contribution in [-0.4, -0.2) is 9.91 Å². The normalized spacial score (nSPS) is 10.5. The Morgan fingerprint density at radius 3 is 2.68 bits per heavy atom. The summed E-state index contributed by atoms with van der Waals surface area (Å²) in [6.45, 7) is 1.98. The summed E-state index contributed by atoms with van der Waals surface area (Å²) in [4.78, 5) is 14.4. The number of halogens is 2. The zero-order valence-corrected chi connectivity index (χ0v) is 11.3. The van der Waals surface area contributed by atoms with E-state index in [-0.39, 0.29) is 28.0 Å². The van der Waals surface area contributed by atoms with Crippen LogP contribution in [0, 0.1) is 17.0 Å². The summed E-state index contributed by atoms with van der Waals surface area (Å²) in [6.07, 6.45) is 1.57. The summed E-state index contributed by atoms with van der Waals surface area (Å²) in [5.41, 5.74) is 0.105. The number of nitro benzene ring substituents is 1. The topological polar surface area (TPSA) is 81.2 Å². The van der Waals surface area contributed by atoms with Crippen LogP contribution in [0.3, 0.4) is 0 Å². The van der Waals surface area contributed by atoms with Crippen LogP contribution in [0.15, 0.2) is 22.7 Å². The largest absolute Gasteiger partial charge is 0.444 e. The van der Waals surface area contributed by atoms with Gasteiger partial charge in [0.05, 0.1) is 27.7 Å². The zero-order valence-electron chi connectivity index (χ0n) is 9.81. The molecule has 0 bridgehead atoms. The molecule has 0 saturated carbocycles. The number of nitrogens with one attached hydrogen (secondary N) is 1. The Morgan fingerprint density at radius 1 is 1.42 bits per heavy atom. The quantitative estimate of drug-likeness (QED) is 0.686. The molecule has 0 aliphatic heterocycles. The van der Waals surface area contributed by atoms with Crippen molar-refractivity contribution < 1.29 is 9.34 Å². The standard InChI is InChI=1S/C11H9Cl2N3O3/c1-6-4-15-11(19-6)5-14-9-2-7(12)8(13)3-10(9)16(17)18/h2-4,14H,5H2,1H3. The Morgan fingerprint density at radius 2 is 2.11 bits per heavy atom. The molecule has 1 aromatic carbocycles. The maximum Gasteiger partial charge on any atom is 0.293 e. The van der Waals surface area contributed by atoms with E-state index in [1.54, 1.807) is 13.1 Å². The fourth-order valence-electron chi connectivity index (χ4n) is 1.48. The van der Waals surface area contributed by atoms with Gasteiger partial charge in [-0.1, -0.05) is 23.2 Å². The van der Waals surface area contributed by atoms with Gasteiger partial charge in [-0.25, -0.2) is 4.98 Å². The van der Waals surface area contributed by atoms with E-state index >= 15 is 0 Å². The fourth-order valence-corrected chi connectivity index (χ4v) is 1.80. The van der Waals surface area contributed by atoms with E-state index in [9.17, 15) is 10.1 Å². The van der Waals surface area contributed by atoms with Gasteiger partial charge in [-0.2, -0.15) is 0 Å². The molecule has 2 rings (SSSR count). The Bertz CT molecular complexity index is 628. The summed E-state index contributed by atoms with van der Waals surface area (Å²) >= 11 is 11.6. The van der Waals surface area contributed by atoms with Gasteiger partial charge in [-0.05, 0) is 13.0 Å². The van der Waals surface area contributed by atoms with Gasteiger partial charge in [-0.3, -0.25) is 10.1 Å². The average molecular weight is 302 g/mol. The van der Waals surface area contributed by atoms with Gasteiger partial charge in [0.25, 0.3) is 5.69 Å². The molecule has 0 amide bonds. The highest BCUT2D eigenvalue weighted by Gasteiger charge is 2.17. The van der Waals surface area contributed by atoms with Crippen molar-refractivity contribution in [2.75, 3.05) is 5.32 Å². The molecule has 8 heteroatoms. The third kappa shape index (κ3) is 3.15. The highest BCUT2D eigenvalue weighted by atomic mass is 35.5. The minimum absolute atomic E-state index is 0.130. The number of aromatic nitrogens is 1. The molecule has 1 heterocycles. The van der Waals surface area contributed by atoms with Gasteiger partial charge in [0.1, 0.15) is 11.4 Å². The first-order chi connectivity index (χ1) is 8.97. The number of benzene rings is 1. The lowest BCUT2D eigenvalue weighted by atomic mass is 10.2. The highest BCUT2D eigenvalue weighted by molar-refractivity contribution is 6.42. The summed E-state index contributed by atoms with van der Waals surface area (Å²) in [5.74, 6) is 1.10. The molecule has 0 fully saturated rings. The average Bonchev–Trinajstić information content (AvgIpc) is 2.76. The van der Waals surface area contributed by atoms with E-state index in [4.69, 9.17) is 27.6 Å². The van der Waals surface area contributed by atoms with Crippen molar-refractivity contribution >= 4 is 34.6 Å². The predicted molar refractivity (Wildman–Crippen MR) is 71.7 cm³/mol. The number of nitrogens with zero attached hydrogens (tertiary/aromatic N) is 2. The lowest BCUT2D eigenvalue weighted by Crippen LogP contribution is -2.03. The van der Waals surface area contributed by atoms with Crippen LogP contribution in [0.4, 0.5) is 11.4 Å². The van der Waals surface area contributed by atoms with Crippen molar-refractivity contribution in [1.29, 1.82) is 0 Å². The predicted octanol–water partition coefficient (Wildman–Crippen LogP) is 3.81. The van der Waals surface area contributed by atoms with E-state index in [0.29, 0.717) is 11.7 Å². The monoisotopic (exact) mass is 301 g/mol. The van der Waals surface area contributed by atoms with E-state index in [1.807, 2.05) is 0 Å². The summed E-state index contributed by atoms with van der Waals surface area (Å²) < 4.78 is 5.26. The second-order valence-electron chi connectivity index (χ2n) is 3.76. The third-order valence-electron chi connectivity index (χ3n) is 2.33. The molecule has 0 saturated heterocycles. The van der Waals surface area contributed by atoms with E-state index in [2.05, 4.69) is 10.3 Å². The molecular formula is C11H9Cl2N3O3. The Kier molecular flexibility index (Phi) is 3.92. The van der Waals surface area contributed by atoms with Crippen LogP contribution in [-0.2, 0) is 6.54 Å². The molecule has 0 radical (unpaired) electrons. The van der Waals surface area contributed by atoms with Crippen LogP contribution >= 0.6 is 23.2 Å². The van der Waals surface area contributed by atoms with Crippen molar-refractivity contribution in [3.05, 3.63) is 50.1 Å². The molecule has 0 aliphatic carbocycles. The number of anilines is 1. The zero-order chi connectivity index (χ0) is 14.0. The minimum atomic E-state index is -0.536. The molecular weight excluding hydrogens is 293 g/mol. The Hall–Kier alpha value is -1.79. The smallest absolute Gasteiger partial charge is 0.293 e. The van der Waals surface area contributed by atoms with E-state index in [1.165, 1.54) is 12.1 Å². The third-order valence-corrected chi connectivity index (χ3v) is 3.06. The van der Waals surface area contributed by atoms with E-state index in [0.717, 1.165) is 0 Å². The first-order valence-corrected chi connectivity index (χ1v) is 6.01. The van der Waals surface area contributed by atoms with Crippen LogP contribution in [0.5, 0.6) is 0 Å². The van der Waals surface area contributed by atoms with Gasteiger partial charge in [-0.15, -0.1) is 0 Å². The van der Waals surface area contributed by atoms with Crippen molar-refractivity contribution in [2.24, 2.45) is 0 Å². The molecule has 1 N–H and O–H groups in total. The number of oxazole rings is 1. The Balaban J connectivity index is 2.23. The van der Waals surface area contributed by atoms with Crippen molar-refractivity contribution in [3.8, 4) is 0 Å². The molecule has 1 aromatic heterocycles. The summed E-state index contributed by atoms with van der Waals surface area (Å²) in [6, 6.07) is 2.60. The number of nitro groups is 1. The first kappa shape index (κ1) is 13.6. The Labute approximate surface area is 118 Å². The lowest BCUT2D eigenvalue weighted by Gasteiger charge is -2.06. The maximum absolute atomic E-state index is 10.9.